The van der Waals surface area contributed by atoms with Gasteiger partial charge in [0.05, 0.1) is 24.3 Å². The van der Waals surface area contributed by atoms with E-state index in [1.807, 2.05) is 55.7 Å². The summed E-state index contributed by atoms with van der Waals surface area (Å²) in [4.78, 5) is 19.4. The smallest absolute Gasteiger partial charge is 0.410 e. The van der Waals surface area contributed by atoms with E-state index in [0.717, 1.165) is 5.56 Å². The molecule has 180 valence electrons. The maximum absolute atomic E-state index is 13.7. The lowest BCUT2D eigenvalue weighted by Crippen LogP contribution is -2.37. The fraction of sp³-hybridized carbons (Fsp3) is 0.385. The van der Waals surface area contributed by atoms with E-state index in [2.05, 4.69) is 4.98 Å². The first-order chi connectivity index (χ1) is 16.2. The third-order valence-corrected chi connectivity index (χ3v) is 5.92. The maximum atomic E-state index is 13.7. The first kappa shape index (κ1) is 24.2. The van der Waals surface area contributed by atoms with Gasteiger partial charge in [0.15, 0.2) is 0 Å². The van der Waals surface area contributed by atoms with Gasteiger partial charge in [-0.25, -0.2) is 14.2 Å². The molecule has 0 radical (unpaired) electrons. The second-order valence-electron chi connectivity index (χ2n) is 9.50. The van der Waals surface area contributed by atoms with Crippen LogP contribution in [0.1, 0.15) is 44.6 Å². The van der Waals surface area contributed by atoms with Gasteiger partial charge in [0.25, 0.3) is 0 Å². The molecule has 0 bridgehead atoms. The molecule has 1 aromatic heterocycles. The van der Waals surface area contributed by atoms with Gasteiger partial charge in [-0.05, 0) is 51.0 Å². The van der Waals surface area contributed by atoms with Crippen LogP contribution >= 0.6 is 11.6 Å². The fourth-order valence-electron chi connectivity index (χ4n) is 4.14. The molecule has 0 N–H and O–H groups in total. The average Bonchev–Trinajstić information content (AvgIpc) is 3.42. The molecule has 2 heterocycles. The van der Waals surface area contributed by atoms with Crippen molar-refractivity contribution in [2.24, 2.45) is 5.92 Å². The number of hydrogen-bond acceptors (Lipinski definition) is 4. The minimum Gasteiger partial charge on any atom is -0.444 e. The molecule has 2 unspecified atom stereocenters. The van der Waals surface area contributed by atoms with Gasteiger partial charge in [0.1, 0.15) is 17.2 Å². The summed E-state index contributed by atoms with van der Waals surface area (Å²) in [5, 5.41) is 0.0276. The zero-order valence-electron chi connectivity index (χ0n) is 19.6. The number of imidazole rings is 1. The van der Waals surface area contributed by atoms with Gasteiger partial charge >= 0.3 is 6.09 Å². The van der Waals surface area contributed by atoms with E-state index in [9.17, 15) is 9.18 Å². The zero-order valence-corrected chi connectivity index (χ0v) is 20.3. The van der Waals surface area contributed by atoms with Gasteiger partial charge in [-0.1, -0.05) is 41.9 Å². The number of benzene rings is 2. The lowest BCUT2D eigenvalue weighted by atomic mass is 10.1. The number of amides is 1. The van der Waals surface area contributed by atoms with Crippen molar-refractivity contribution < 1.29 is 18.7 Å². The molecule has 1 fully saturated rings. The van der Waals surface area contributed by atoms with Crippen LogP contribution in [0.25, 0.3) is 5.69 Å². The van der Waals surface area contributed by atoms with Crippen LogP contribution in [0.3, 0.4) is 0 Å². The van der Waals surface area contributed by atoms with E-state index in [1.54, 1.807) is 29.4 Å². The Balaban J connectivity index is 1.55. The molecule has 8 heteroatoms. The van der Waals surface area contributed by atoms with Crippen LogP contribution in [-0.2, 0) is 16.1 Å². The van der Waals surface area contributed by atoms with E-state index in [1.165, 1.54) is 6.07 Å². The molecule has 6 nitrogen and oxygen atoms in total. The second-order valence-corrected chi connectivity index (χ2v) is 9.91. The normalized spacial score (nSPS) is 18.3. The quantitative estimate of drug-likeness (QED) is 0.418. The Morgan fingerprint density at radius 1 is 1.21 bits per heavy atom. The predicted octanol–water partition coefficient (Wildman–Crippen LogP) is 6.18. The van der Waals surface area contributed by atoms with Crippen LogP contribution in [0.5, 0.6) is 0 Å². The number of carbonyl (C=O) groups is 1. The highest BCUT2D eigenvalue weighted by Crippen LogP contribution is 2.37. The Hall–Kier alpha value is -2.90. The third-order valence-electron chi connectivity index (χ3n) is 5.63. The first-order valence-corrected chi connectivity index (χ1v) is 11.7. The molecule has 2 atom stereocenters. The summed E-state index contributed by atoms with van der Waals surface area (Å²) in [5.41, 5.74) is 1.15. The number of rotatable bonds is 6. The Morgan fingerprint density at radius 2 is 1.97 bits per heavy atom. The van der Waals surface area contributed by atoms with Crippen LogP contribution < -0.4 is 0 Å². The molecule has 2 aromatic carbocycles. The molecule has 1 aliphatic heterocycles. The third kappa shape index (κ3) is 5.77. The summed E-state index contributed by atoms with van der Waals surface area (Å²) in [6.45, 7) is 7.05. The highest BCUT2D eigenvalue weighted by atomic mass is 35.5. The van der Waals surface area contributed by atoms with Crippen molar-refractivity contribution in [3.05, 3.63) is 83.2 Å². The molecule has 0 aliphatic carbocycles. The lowest BCUT2D eigenvalue weighted by Gasteiger charge is -2.28. The summed E-state index contributed by atoms with van der Waals surface area (Å²) < 4.78 is 27.2. The zero-order chi connectivity index (χ0) is 24.3. The fourth-order valence-corrected chi connectivity index (χ4v) is 4.32. The van der Waals surface area contributed by atoms with Crippen LogP contribution in [0.4, 0.5) is 9.18 Å². The van der Waals surface area contributed by atoms with E-state index >= 15 is 0 Å². The van der Waals surface area contributed by atoms with Crippen LogP contribution in [-0.4, -0.2) is 39.3 Å². The number of nitrogens with zero attached hydrogens (tertiary/aromatic N) is 3. The van der Waals surface area contributed by atoms with Crippen molar-refractivity contribution in [2.45, 2.75) is 45.4 Å². The number of halogens is 2. The summed E-state index contributed by atoms with van der Waals surface area (Å²) in [7, 11) is 0. The van der Waals surface area contributed by atoms with E-state index in [-0.39, 0.29) is 17.0 Å². The SMILES string of the molecule is CC(C)(C)OC(=O)N1CC(COCc2ccccc2)CC1c1nccn1-c1ccc(F)c(Cl)c1. The van der Waals surface area contributed by atoms with Crippen molar-refractivity contribution in [2.75, 3.05) is 13.2 Å². The standard InChI is InChI=1S/C26H29ClFN3O3/c1-26(2,3)34-25(32)31-15-19(17-33-16-18-7-5-4-6-8-18)13-23(31)24-29-11-12-30(24)20-9-10-22(28)21(27)14-20/h4-12,14,19,23H,13,15-17H2,1-3H3. The summed E-state index contributed by atoms with van der Waals surface area (Å²) in [6.07, 6.45) is 3.72. The number of aromatic nitrogens is 2. The minimum absolute atomic E-state index is 0.0276. The largest absolute Gasteiger partial charge is 0.444 e. The van der Waals surface area contributed by atoms with Crippen molar-refractivity contribution in [1.29, 1.82) is 0 Å². The average molecular weight is 486 g/mol. The summed E-state index contributed by atoms with van der Waals surface area (Å²) >= 11 is 6.02. The van der Waals surface area contributed by atoms with Gasteiger partial charge in [-0.15, -0.1) is 0 Å². The second kappa shape index (κ2) is 10.2. The molecule has 4 rings (SSSR count). The van der Waals surface area contributed by atoms with Crippen molar-refractivity contribution in [3.63, 3.8) is 0 Å². The minimum atomic E-state index is -0.622. The first-order valence-electron chi connectivity index (χ1n) is 11.3. The topological polar surface area (TPSA) is 56.6 Å². The monoisotopic (exact) mass is 485 g/mol. The van der Waals surface area contributed by atoms with Gasteiger partial charge in [0.2, 0.25) is 0 Å². The van der Waals surface area contributed by atoms with Crippen LogP contribution in [0.15, 0.2) is 60.9 Å². The van der Waals surface area contributed by atoms with Gasteiger partial charge < -0.3 is 14.0 Å². The molecule has 1 saturated heterocycles. The van der Waals surface area contributed by atoms with Gasteiger partial charge in [0, 0.05) is 30.5 Å². The predicted molar refractivity (Wildman–Crippen MR) is 128 cm³/mol. The van der Waals surface area contributed by atoms with Crippen LogP contribution in [0, 0.1) is 11.7 Å². The van der Waals surface area contributed by atoms with E-state index in [0.29, 0.717) is 37.7 Å². The summed E-state index contributed by atoms with van der Waals surface area (Å²) in [5.74, 6) is 0.293. The van der Waals surface area contributed by atoms with E-state index in [4.69, 9.17) is 21.1 Å². The Morgan fingerprint density at radius 3 is 2.68 bits per heavy atom. The highest BCUT2D eigenvalue weighted by Gasteiger charge is 2.40. The molecular weight excluding hydrogens is 457 g/mol. The molecule has 3 aromatic rings. The van der Waals surface area contributed by atoms with E-state index < -0.39 is 17.5 Å². The molecular formula is C26H29ClFN3O3. The van der Waals surface area contributed by atoms with Crippen molar-refractivity contribution in [3.8, 4) is 5.69 Å². The molecule has 1 aliphatic rings. The van der Waals surface area contributed by atoms with Crippen molar-refractivity contribution in [1.82, 2.24) is 14.5 Å². The van der Waals surface area contributed by atoms with Gasteiger partial charge in [-0.2, -0.15) is 0 Å². The molecule has 34 heavy (non-hydrogen) atoms. The Kier molecular flexibility index (Phi) is 7.24. The number of carbonyl (C=O) groups excluding carboxylic acids is 1. The lowest BCUT2D eigenvalue weighted by molar-refractivity contribution is 0.0202. The highest BCUT2D eigenvalue weighted by molar-refractivity contribution is 6.30. The number of ether oxygens (including phenoxy) is 2. The summed E-state index contributed by atoms with van der Waals surface area (Å²) in [6, 6.07) is 14.2. The van der Waals surface area contributed by atoms with Crippen molar-refractivity contribution >= 4 is 17.7 Å². The Bertz CT molecular complexity index is 1130. The molecule has 0 saturated carbocycles. The molecule has 1 amide bonds. The Labute approximate surface area is 204 Å². The van der Waals surface area contributed by atoms with Crippen LogP contribution in [0.2, 0.25) is 5.02 Å². The molecule has 0 spiro atoms. The van der Waals surface area contributed by atoms with Gasteiger partial charge in [-0.3, -0.25) is 4.90 Å². The number of likely N-dealkylation sites (tertiary alicyclic amines) is 1. The number of hydrogen-bond donors (Lipinski definition) is 0. The maximum Gasteiger partial charge on any atom is 0.410 e.